The van der Waals surface area contributed by atoms with Gasteiger partial charge in [0, 0.05) is 6.08 Å². The Morgan fingerprint density at radius 3 is 1.75 bits per heavy atom. The van der Waals surface area contributed by atoms with Crippen LogP contribution in [-0.4, -0.2) is 66.2 Å². The van der Waals surface area contributed by atoms with E-state index in [1.165, 1.54) is 6.92 Å². The normalized spacial score (nSPS) is 13.6. The highest BCUT2D eigenvalue weighted by Crippen LogP contribution is 2.18. The number of rotatable bonds is 14. The SMILES string of the molecule is C=CC(=O)OCC(O)COc1ccc(Cc2ccc(OCC(O)COC(C)O)cc2)cc1. The van der Waals surface area contributed by atoms with Gasteiger partial charge in [-0.15, -0.1) is 0 Å². The van der Waals surface area contributed by atoms with Crippen LogP contribution >= 0.6 is 0 Å². The number of aliphatic hydroxyl groups is 3. The minimum absolute atomic E-state index is 0.00279. The second-order valence-corrected chi connectivity index (χ2v) is 7.16. The van der Waals surface area contributed by atoms with Crippen LogP contribution in [0.15, 0.2) is 61.2 Å². The van der Waals surface area contributed by atoms with Crippen molar-refractivity contribution in [1.29, 1.82) is 0 Å². The van der Waals surface area contributed by atoms with Gasteiger partial charge in [0.25, 0.3) is 0 Å². The lowest BCUT2D eigenvalue weighted by molar-refractivity contribution is -0.141. The van der Waals surface area contributed by atoms with Gasteiger partial charge >= 0.3 is 5.97 Å². The van der Waals surface area contributed by atoms with E-state index in [1.54, 1.807) is 0 Å². The van der Waals surface area contributed by atoms with Gasteiger partial charge in [0.05, 0.1) is 6.61 Å². The molecule has 0 spiro atoms. The first kappa shape index (κ1) is 25.4. The molecular formula is C24H30O8. The van der Waals surface area contributed by atoms with Crippen molar-refractivity contribution >= 4 is 5.97 Å². The number of hydrogen-bond acceptors (Lipinski definition) is 8. The fourth-order valence-corrected chi connectivity index (χ4v) is 2.61. The Morgan fingerprint density at radius 2 is 1.31 bits per heavy atom. The average molecular weight is 446 g/mol. The van der Waals surface area contributed by atoms with E-state index in [9.17, 15) is 15.0 Å². The van der Waals surface area contributed by atoms with Crippen molar-refractivity contribution in [3.8, 4) is 11.5 Å². The van der Waals surface area contributed by atoms with Crippen molar-refractivity contribution in [2.24, 2.45) is 0 Å². The number of esters is 1. The van der Waals surface area contributed by atoms with E-state index >= 15 is 0 Å². The molecule has 0 aliphatic rings. The molecule has 0 bridgehead atoms. The van der Waals surface area contributed by atoms with Gasteiger partial charge in [0.1, 0.15) is 43.5 Å². The smallest absolute Gasteiger partial charge is 0.330 e. The zero-order valence-corrected chi connectivity index (χ0v) is 18.1. The van der Waals surface area contributed by atoms with Gasteiger partial charge in [-0.05, 0) is 48.7 Å². The second-order valence-electron chi connectivity index (χ2n) is 7.16. The highest BCUT2D eigenvalue weighted by molar-refractivity contribution is 5.81. The van der Waals surface area contributed by atoms with Gasteiger partial charge in [0.15, 0.2) is 6.29 Å². The standard InChI is InChI=1S/C24H30O8/c1-3-24(28)32-16-21(27)15-31-23-10-6-19(7-11-23)12-18-4-8-22(9-5-18)30-14-20(26)13-29-17(2)25/h3-11,17,20-21,25-27H,1,12-16H2,2H3. The Morgan fingerprint density at radius 1 is 0.844 bits per heavy atom. The average Bonchev–Trinajstić information content (AvgIpc) is 2.80. The molecule has 2 rings (SSSR count). The maximum absolute atomic E-state index is 11.0. The molecular weight excluding hydrogens is 416 g/mol. The minimum Gasteiger partial charge on any atom is -0.491 e. The van der Waals surface area contributed by atoms with Crippen LogP contribution in [0.25, 0.3) is 0 Å². The number of carbonyl (C=O) groups is 1. The van der Waals surface area contributed by atoms with E-state index in [-0.39, 0.29) is 26.4 Å². The molecule has 0 aliphatic heterocycles. The summed E-state index contributed by atoms with van der Waals surface area (Å²) in [6.07, 6.45) is -0.927. The highest BCUT2D eigenvalue weighted by atomic mass is 16.6. The molecule has 2 aromatic carbocycles. The second kappa shape index (κ2) is 13.5. The lowest BCUT2D eigenvalue weighted by atomic mass is 10.0. The van der Waals surface area contributed by atoms with Crippen LogP contribution in [0.1, 0.15) is 18.1 Å². The van der Waals surface area contributed by atoms with Crippen molar-refractivity contribution in [2.45, 2.75) is 31.8 Å². The fraction of sp³-hybridized carbons (Fsp3) is 0.375. The number of hydrogen-bond donors (Lipinski definition) is 3. The van der Waals surface area contributed by atoms with Gasteiger partial charge in [-0.1, -0.05) is 30.8 Å². The zero-order valence-electron chi connectivity index (χ0n) is 18.1. The third kappa shape index (κ3) is 9.93. The summed E-state index contributed by atoms with van der Waals surface area (Å²) in [6.45, 7) is 4.68. The summed E-state index contributed by atoms with van der Waals surface area (Å²) in [4.78, 5) is 11.0. The van der Waals surface area contributed by atoms with Crippen molar-refractivity contribution in [1.82, 2.24) is 0 Å². The van der Waals surface area contributed by atoms with E-state index in [2.05, 4.69) is 6.58 Å². The first-order chi connectivity index (χ1) is 15.4. The summed E-state index contributed by atoms with van der Waals surface area (Å²) in [5.41, 5.74) is 2.17. The minimum atomic E-state index is -0.926. The Labute approximate surface area is 187 Å². The summed E-state index contributed by atoms with van der Waals surface area (Å²) in [5, 5.41) is 28.6. The lowest BCUT2D eigenvalue weighted by Gasteiger charge is -2.14. The summed E-state index contributed by atoms with van der Waals surface area (Å²) < 4.78 is 20.7. The lowest BCUT2D eigenvalue weighted by Crippen LogP contribution is -2.25. The molecule has 3 N–H and O–H groups in total. The van der Waals surface area contributed by atoms with Crippen LogP contribution in [0.5, 0.6) is 11.5 Å². The highest BCUT2D eigenvalue weighted by Gasteiger charge is 2.09. The van der Waals surface area contributed by atoms with Crippen molar-refractivity contribution < 1.29 is 39.1 Å². The summed E-state index contributed by atoms with van der Waals surface area (Å²) in [5.74, 6) is 0.642. The molecule has 0 fully saturated rings. The van der Waals surface area contributed by atoms with Crippen LogP contribution in [0.3, 0.4) is 0 Å². The topological polar surface area (TPSA) is 115 Å². The number of aliphatic hydroxyl groups excluding tert-OH is 3. The molecule has 0 saturated heterocycles. The maximum Gasteiger partial charge on any atom is 0.330 e. The van der Waals surface area contributed by atoms with Crippen molar-refractivity contribution in [3.63, 3.8) is 0 Å². The van der Waals surface area contributed by atoms with Gasteiger partial charge in [-0.2, -0.15) is 0 Å². The van der Waals surface area contributed by atoms with Crippen LogP contribution in [0, 0.1) is 0 Å². The summed E-state index contributed by atoms with van der Waals surface area (Å²) in [6, 6.07) is 15.0. The third-order valence-corrected chi connectivity index (χ3v) is 4.25. The Balaban J connectivity index is 1.74. The molecule has 0 saturated carbocycles. The van der Waals surface area contributed by atoms with Crippen LogP contribution in [-0.2, 0) is 20.7 Å². The van der Waals surface area contributed by atoms with Crippen LogP contribution < -0.4 is 9.47 Å². The van der Waals surface area contributed by atoms with Gasteiger partial charge in [-0.25, -0.2) is 4.79 Å². The molecule has 0 aromatic heterocycles. The summed E-state index contributed by atoms with van der Waals surface area (Å²) in [7, 11) is 0. The van der Waals surface area contributed by atoms with Gasteiger partial charge in [0.2, 0.25) is 0 Å². The molecule has 0 radical (unpaired) electrons. The molecule has 174 valence electrons. The van der Waals surface area contributed by atoms with E-state index in [0.717, 1.165) is 17.2 Å². The molecule has 8 nitrogen and oxygen atoms in total. The quantitative estimate of drug-likeness (QED) is 0.229. The van der Waals surface area contributed by atoms with E-state index in [4.69, 9.17) is 24.1 Å². The molecule has 8 heteroatoms. The number of carbonyl (C=O) groups excluding carboxylic acids is 1. The molecule has 0 amide bonds. The first-order valence-electron chi connectivity index (χ1n) is 10.2. The Bertz CT molecular complexity index is 817. The van der Waals surface area contributed by atoms with Crippen LogP contribution in [0.2, 0.25) is 0 Å². The molecule has 0 heterocycles. The number of ether oxygens (including phenoxy) is 4. The molecule has 3 atom stereocenters. The summed E-state index contributed by atoms with van der Waals surface area (Å²) >= 11 is 0. The fourth-order valence-electron chi connectivity index (χ4n) is 2.61. The Kier molecular flexibility index (Phi) is 10.7. The molecule has 2 aromatic rings. The zero-order chi connectivity index (χ0) is 23.3. The van der Waals surface area contributed by atoms with Gasteiger partial charge in [-0.3, -0.25) is 0 Å². The van der Waals surface area contributed by atoms with Crippen molar-refractivity contribution in [3.05, 3.63) is 72.3 Å². The van der Waals surface area contributed by atoms with Gasteiger partial charge < -0.3 is 34.3 Å². The van der Waals surface area contributed by atoms with E-state index in [1.807, 2.05) is 48.5 Å². The first-order valence-corrected chi connectivity index (χ1v) is 10.2. The van der Waals surface area contributed by atoms with Crippen LogP contribution in [0.4, 0.5) is 0 Å². The van der Waals surface area contributed by atoms with E-state index in [0.29, 0.717) is 17.9 Å². The Hall–Kier alpha value is -2.91. The predicted octanol–water partition coefficient (Wildman–Crippen LogP) is 1.84. The van der Waals surface area contributed by atoms with E-state index < -0.39 is 24.5 Å². The molecule has 0 aliphatic carbocycles. The van der Waals surface area contributed by atoms with Crippen molar-refractivity contribution in [2.75, 3.05) is 26.4 Å². The largest absolute Gasteiger partial charge is 0.491 e. The maximum atomic E-state index is 11.0. The molecule has 3 unspecified atom stereocenters. The third-order valence-electron chi connectivity index (χ3n) is 4.25. The monoisotopic (exact) mass is 446 g/mol. The predicted molar refractivity (Wildman–Crippen MR) is 117 cm³/mol. The molecule has 32 heavy (non-hydrogen) atoms. The number of benzene rings is 2.